The Morgan fingerprint density at radius 2 is 1.95 bits per heavy atom. The molecule has 1 aromatic carbocycles. The van der Waals surface area contributed by atoms with Crippen molar-refractivity contribution in [3.05, 3.63) is 34.9 Å². The standard InChI is InChI=1S/C12H16ClNO5S/c1-12(2)18-10(8-6-4-5-7-9(8)13)11(19-12)14-20(15,16)17-3/h4-7,10-11,14H,1-3H3. The minimum atomic E-state index is -3.90. The van der Waals surface area contributed by atoms with E-state index in [2.05, 4.69) is 8.91 Å². The first kappa shape index (κ1) is 15.7. The van der Waals surface area contributed by atoms with Crippen LogP contribution < -0.4 is 4.72 Å². The highest BCUT2D eigenvalue weighted by molar-refractivity contribution is 7.84. The normalized spacial score (nSPS) is 25.8. The molecule has 1 fully saturated rings. The van der Waals surface area contributed by atoms with Crippen LogP contribution in [0.1, 0.15) is 25.5 Å². The van der Waals surface area contributed by atoms with Crippen LogP contribution in [0.2, 0.25) is 5.02 Å². The van der Waals surface area contributed by atoms with E-state index in [4.69, 9.17) is 21.1 Å². The van der Waals surface area contributed by atoms with Crippen LogP contribution >= 0.6 is 11.6 Å². The van der Waals surface area contributed by atoms with Gasteiger partial charge in [0.15, 0.2) is 12.0 Å². The van der Waals surface area contributed by atoms with Crippen molar-refractivity contribution in [3.63, 3.8) is 0 Å². The monoisotopic (exact) mass is 321 g/mol. The van der Waals surface area contributed by atoms with Crippen molar-refractivity contribution in [3.8, 4) is 0 Å². The molecule has 8 heteroatoms. The van der Waals surface area contributed by atoms with Crippen LogP contribution in [0.4, 0.5) is 0 Å². The van der Waals surface area contributed by atoms with Gasteiger partial charge in [0.1, 0.15) is 6.10 Å². The summed E-state index contributed by atoms with van der Waals surface area (Å²) >= 11 is 6.12. The lowest BCUT2D eigenvalue weighted by Gasteiger charge is -2.18. The van der Waals surface area contributed by atoms with Gasteiger partial charge in [-0.2, -0.15) is 13.1 Å². The van der Waals surface area contributed by atoms with Crippen LogP contribution in [-0.2, 0) is 24.0 Å². The molecule has 20 heavy (non-hydrogen) atoms. The van der Waals surface area contributed by atoms with E-state index in [0.717, 1.165) is 7.11 Å². The number of hydrogen-bond donors (Lipinski definition) is 1. The van der Waals surface area contributed by atoms with E-state index in [1.54, 1.807) is 38.1 Å². The summed E-state index contributed by atoms with van der Waals surface area (Å²) in [6.07, 6.45) is -1.58. The molecule has 1 aliphatic heterocycles. The summed E-state index contributed by atoms with van der Waals surface area (Å²) in [5.74, 6) is -0.940. The number of hydrogen-bond acceptors (Lipinski definition) is 5. The quantitative estimate of drug-likeness (QED) is 0.917. The first-order chi connectivity index (χ1) is 9.24. The molecule has 6 nitrogen and oxygen atoms in total. The second-order valence-electron chi connectivity index (χ2n) is 4.74. The summed E-state index contributed by atoms with van der Waals surface area (Å²) in [6.45, 7) is 3.38. The van der Waals surface area contributed by atoms with Gasteiger partial charge in [-0.25, -0.2) is 0 Å². The zero-order valence-corrected chi connectivity index (χ0v) is 12.9. The predicted octanol–water partition coefficient (Wildman–Crippen LogP) is 1.97. The molecule has 1 aliphatic rings. The highest BCUT2D eigenvalue weighted by atomic mass is 35.5. The lowest BCUT2D eigenvalue weighted by Crippen LogP contribution is -2.39. The largest absolute Gasteiger partial charge is 0.338 e. The molecule has 0 amide bonds. The Balaban J connectivity index is 2.32. The fourth-order valence-electron chi connectivity index (χ4n) is 1.97. The maximum atomic E-state index is 11.5. The minimum absolute atomic E-state index is 0.473. The van der Waals surface area contributed by atoms with Gasteiger partial charge in [-0.05, 0) is 19.9 Å². The van der Waals surface area contributed by atoms with Gasteiger partial charge in [0.05, 0.1) is 7.11 Å². The van der Waals surface area contributed by atoms with Crippen LogP contribution in [0.25, 0.3) is 0 Å². The van der Waals surface area contributed by atoms with Gasteiger partial charge in [0.2, 0.25) is 0 Å². The predicted molar refractivity (Wildman–Crippen MR) is 73.3 cm³/mol. The average molecular weight is 322 g/mol. The highest BCUT2D eigenvalue weighted by Crippen LogP contribution is 2.39. The van der Waals surface area contributed by atoms with Crippen molar-refractivity contribution >= 4 is 21.9 Å². The van der Waals surface area contributed by atoms with Crippen molar-refractivity contribution in [2.75, 3.05) is 7.11 Å². The lowest BCUT2D eigenvalue weighted by molar-refractivity contribution is -0.147. The smallest absolute Gasteiger partial charge is 0.337 e. The molecule has 1 saturated heterocycles. The fourth-order valence-corrected chi connectivity index (χ4v) is 2.77. The van der Waals surface area contributed by atoms with E-state index in [9.17, 15) is 8.42 Å². The van der Waals surface area contributed by atoms with Gasteiger partial charge in [-0.1, -0.05) is 29.8 Å². The molecular weight excluding hydrogens is 306 g/mol. The van der Waals surface area contributed by atoms with Crippen molar-refractivity contribution < 1.29 is 22.1 Å². The summed E-state index contributed by atoms with van der Waals surface area (Å²) in [4.78, 5) is 0. The molecule has 2 rings (SSSR count). The van der Waals surface area contributed by atoms with Crippen LogP contribution in [0.15, 0.2) is 24.3 Å². The topological polar surface area (TPSA) is 73.9 Å². The van der Waals surface area contributed by atoms with Crippen LogP contribution in [-0.4, -0.2) is 27.5 Å². The van der Waals surface area contributed by atoms with Gasteiger partial charge in [0.25, 0.3) is 0 Å². The Morgan fingerprint density at radius 3 is 2.55 bits per heavy atom. The van der Waals surface area contributed by atoms with E-state index in [1.807, 2.05) is 0 Å². The summed E-state index contributed by atoms with van der Waals surface area (Å²) < 4.78 is 41.0. The first-order valence-corrected chi connectivity index (χ1v) is 7.71. The molecule has 1 heterocycles. The molecule has 112 valence electrons. The fraction of sp³-hybridized carbons (Fsp3) is 0.500. The van der Waals surface area contributed by atoms with Crippen LogP contribution in [0.3, 0.4) is 0 Å². The van der Waals surface area contributed by atoms with E-state index >= 15 is 0 Å². The Labute approximate surface area is 123 Å². The summed E-state index contributed by atoms with van der Waals surface area (Å²) in [7, 11) is -2.84. The molecule has 0 aromatic heterocycles. The number of benzene rings is 1. The molecular formula is C12H16ClNO5S. The zero-order chi connectivity index (χ0) is 15.0. The summed E-state index contributed by atoms with van der Waals surface area (Å²) in [6, 6.07) is 7.03. The van der Waals surface area contributed by atoms with Gasteiger partial charge in [0, 0.05) is 10.6 Å². The number of halogens is 1. The first-order valence-electron chi connectivity index (χ1n) is 5.92. The second-order valence-corrected chi connectivity index (χ2v) is 6.62. The van der Waals surface area contributed by atoms with E-state index in [1.165, 1.54) is 0 Å². The van der Waals surface area contributed by atoms with E-state index < -0.39 is 28.4 Å². The molecule has 0 spiro atoms. The molecule has 2 atom stereocenters. The van der Waals surface area contributed by atoms with Crippen molar-refractivity contribution in [1.82, 2.24) is 4.72 Å². The highest BCUT2D eigenvalue weighted by Gasteiger charge is 2.44. The second kappa shape index (κ2) is 5.59. The van der Waals surface area contributed by atoms with Gasteiger partial charge >= 0.3 is 10.3 Å². The van der Waals surface area contributed by atoms with Crippen molar-refractivity contribution in [2.24, 2.45) is 0 Å². The van der Waals surface area contributed by atoms with Gasteiger partial charge in [-0.3, -0.25) is 4.18 Å². The van der Waals surface area contributed by atoms with Gasteiger partial charge < -0.3 is 9.47 Å². The Morgan fingerprint density at radius 1 is 1.30 bits per heavy atom. The maximum Gasteiger partial charge on any atom is 0.337 e. The third-order valence-electron chi connectivity index (χ3n) is 2.79. The van der Waals surface area contributed by atoms with Crippen LogP contribution in [0.5, 0.6) is 0 Å². The minimum Gasteiger partial charge on any atom is -0.338 e. The number of nitrogens with one attached hydrogen (secondary N) is 1. The Hall–Kier alpha value is -0.700. The molecule has 2 unspecified atom stereocenters. The zero-order valence-electron chi connectivity index (χ0n) is 11.3. The van der Waals surface area contributed by atoms with Crippen molar-refractivity contribution in [1.29, 1.82) is 0 Å². The Bertz CT molecular complexity index is 589. The van der Waals surface area contributed by atoms with Gasteiger partial charge in [-0.15, -0.1) is 0 Å². The molecule has 1 aromatic rings. The third-order valence-corrected chi connectivity index (χ3v) is 4.09. The van der Waals surface area contributed by atoms with Crippen molar-refractivity contribution in [2.45, 2.75) is 32.0 Å². The molecule has 1 N–H and O–H groups in total. The maximum absolute atomic E-state index is 11.5. The Kier molecular flexibility index (Phi) is 4.38. The van der Waals surface area contributed by atoms with E-state index in [0.29, 0.717) is 10.6 Å². The summed E-state index contributed by atoms with van der Waals surface area (Å²) in [5.41, 5.74) is 0.642. The molecule has 0 aliphatic carbocycles. The molecule has 0 bridgehead atoms. The SMILES string of the molecule is COS(=O)(=O)NC1OC(C)(C)OC1c1ccccc1Cl. The molecule has 0 radical (unpaired) electrons. The molecule has 0 saturated carbocycles. The number of ether oxygens (including phenoxy) is 2. The van der Waals surface area contributed by atoms with E-state index in [-0.39, 0.29) is 0 Å². The average Bonchev–Trinajstić information content (AvgIpc) is 2.64. The third kappa shape index (κ3) is 3.49. The lowest BCUT2D eigenvalue weighted by atomic mass is 10.1. The number of rotatable bonds is 4. The summed E-state index contributed by atoms with van der Waals surface area (Å²) in [5, 5.41) is 0.473. The van der Waals surface area contributed by atoms with Crippen LogP contribution in [0, 0.1) is 0 Å².